The summed E-state index contributed by atoms with van der Waals surface area (Å²) in [4.78, 5) is 12.0. The summed E-state index contributed by atoms with van der Waals surface area (Å²) in [6.07, 6.45) is 1.57. The Bertz CT molecular complexity index is 990. The fourth-order valence-corrected chi connectivity index (χ4v) is 2.82. The Morgan fingerprint density at radius 1 is 1.03 bits per heavy atom. The summed E-state index contributed by atoms with van der Waals surface area (Å²) >= 11 is 6.08. The Hall–Kier alpha value is -3.31. The quantitative estimate of drug-likeness (QED) is 0.417. The SMILES string of the molecule is Cc1c(Cl)cccc1NCC(=O)NN=Cc1ccccc1OCc1ccccc1. The van der Waals surface area contributed by atoms with E-state index in [4.69, 9.17) is 16.3 Å². The molecule has 0 radical (unpaired) electrons. The van der Waals surface area contributed by atoms with Gasteiger partial charge in [-0.1, -0.05) is 60.1 Å². The molecule has 148 valence electrons. The zero-order valence-electron chi connectivity index (χ0n) is 16.1. The maximum absolute atomic E-state index is 12.0. The van der Waals surface area contributed by atoms with Gasteiger partial charge in [0.1, 0.15) is 12.4 Å². The molecule has 6 heteroatoms. The fraction of sp³-hybridized carbons (Fsp3) is 0.130. The van der Waals surface area contributed by atoms with Gasteiger partial charge in [0.2, 0.25) is 0 Å². The van der Waals surface area contributed by atoms with Crippen molar-refractivity contribution in [2.24, 2.45) is 5.10 Å². The Balaban J connectivity index is 1.53. The highest BCUT2D eigenvalue weighted by Gasteiger charge is 2.05. The first-order valence-electron chi connectivity index (χ1n) is 9.20. The number of para-hydroxylation sites is 1. The average molecular weight is 408 g/mol. The van der Waals surface area contributed by atoms with Gasteiger partial charge >= 0.3 is 0 Å². The number of ether oxygens (including phenoxy) is 1. The van der Waals surface area contributed by atoms with Crippen LogP contribution in [-0.2, 0) is 11.4 Å². The molecule has 1 amide bonds. The minimum absolute atomic E-state index is 0.0880. The van der Waals surface area contributed by atoms with Crippen LogP contribution in [0.3, 0.4) is 0 Å². The molecular weight excluding hydrogens is 386 g/mol. The molecule has 3 aromatic rings. The highest BCUT2D eigenvalue weighted by molar-refractivity contribution is 6.31. The van der Waals surface area contributed by atoms with Gasteiger partial charge in [-0.15, -0.1) is 0 Å². The number of anilines is 1. The first kappa shape index (κ1) is 20.4. The number of nitrogens with one attached hydrogen (secondary N) is 2. The van der Waals surface area contributed by atoms with Gasteiger partial charge in [0.15, 0.2) is 0 Å². The third-order valence-electron chi connectivity index (χ3n) is 4.26. The van der Waals surface area contributed by atoms with E-state index in [9.17, 15) is 4.79 Å². The van der Waals surface area contributed by atoms with Gasteiger partial charge < -0.3 is 10.1 Å². The number of carbonyl (C=O) groups excluding carboxylic acids is 1. The van der Waals surface area contributed by atoms with E-state index in [2.05, 4.69) is 15.8 Å². The predicted octanol–water partition coefficient (Wildman–Crippen LogP) is 4.79. The molecule has 0 saturated heterocycles. The zero-order valence-corrected chi connectivity index (χ0v) is 16.8. The van der Waals surface area contributed by atoms with Gasteiger partial charge in [-0.25, -0.2) is 5.43 Å². The van der Waals surface area contributed by atoms with E-state index in [0.29, 0.717) is 17.4 Å². The van der Waals surface area contributed by atoms with E-state index in [1.807, 2.05) is 79.7 Å². The van der Waals surface area contributed by atoms with Crippen molar-refractivity contribution in [1.29, 1.82) is 0 Å². The lowest BCUT2D eigenvalue weighted by atomic mass is 10.2. The number of rotatable bonds is 8. The maximum atomic E-state index is 12.0. The second kappa shape index (κ2) is 10.3. The molecule has 0 heterocycles. The van der Waals surface area contributed by atoms with Crippen molar-refractivity contribution in [2.75, 3.05) is 11.9 Å². The molecule has 3 rings (SSSR count). The van der Waals surface area contributed by atoms with E-state index in [1.165, 1.54) is 0 Å². The summed E-state index contributed by atoms with van der Waals surface area (Å²) in [6.45, 7) is 2.44. The molecule has 0 saturated carbocycles. The first-order valence-corrected chi connectivity index (χ1v) is 9.58. The van der Waals surface area contributed by atoms with Crippen LogP contribution in [-0.4, -0.2) is 18.7 Å². The maximum Gasteiger partial charge on any atom is 0.259 e. The minimum Gasteiger partial charge on any atom is -0.488 e. The monoisotopic (exact) mass is 407 g/mol. The molecule has 29 heavy (non-hydrogen) atoms. The van der Waals surface area contributed by atoms with Gasteiger partial charge in [0.25, 0.3) is 5.91 Å². The van der Waals surface area contributed by atoms with Gasteiger partial charge in [-0.2, -0.15) is 5.10 Å². The molecule has 0 fully saturated rings. The number of hydrazone groups is 1. The van der Waals surface area contributed by atoms with Crippen LogP contribution in [0.25, 0.3) is 0 Å². The van der Waals surface area contributed by atoms with Crippen molar-refractivity contribution in [2.45, 2.75) is 13.5 Å². The van der Waals surface area contributed by atoms with Crippen molar-refractivity contribution in [1.82, 2.24) is 5.43 Å². The molecule has 0 bridgehead atoms. The zero-order chi connectivity index (χ0) is 20.5. The van der Waals surface area contributed by atoms with E-state index in [1.54, 1.807) is 6.21 Å². The highest BCUT2D eigenvalue weighted by atomic mass is 35.5. The minimum atomic E-state index is -0.261. The van der Waals surface area contributed by atoms with E-state index in [-0.39, 0.29) is 12.5 Å². The summed E-state index contributed by atoms with van der Waals surface area (Å²) in [6, 6.07) is 23.0. The molecule has 0 aromatic heterocycles. The van der Waals surface area contributed by atoms with Crippen LogP contribution in [0.5, 0.6) is 5.75 Å². The molecule has 0 aliphatic carbocycles. The predicted molar refractivity (Wildman–Crippen MR) is 118 cm³/mol. The van der Waals surface area contributed by atoms with Crippen molar-refractivity contribution < 1.29 is 9.53 Å². The number of nitrogens with zero attached hydrogens (tertiary/aromatic N) is 1. The molecule has 3 aromatic carbocycles. The molecule has 5 nitrogen and oxygen atoms in total. The van der Waals surface area contributed by atoms with Crippen LogP contribution in [0, 0.1) is 6.92 Å². The van der Waals surface area contributed by atoms with Crippen molar-refractivity contribution in [3.05, 3.63) is 94.5 Å². The number of halogens is 1. The summed E-state index contributed by atoms with van der Waals surface area (Å²) in [7, 11) is 0. The van der Waals surface area contributed by atoms with Crippen molar-refractivity contribution in [3.8, 4) is 5.75 Å². The number of benzene rings is 3. The highest BCUT2D eigenvalue weighted by Crippen LogP contribution is 2.22. The molecule has 2 N–H and O–H groups in total. The third-order valence-corrected chi connectivity index (χ3v) is 4.67. The van der Waals surface area contributed by atoms with Crippen molar-refractivity contribution >= 4 is 29.4 Å². The van der Waals surface area contributed by atoms with Crippen LogP contribution in [0.1, 0.15) is 16.7 Å². The molecule has 0 aliphatic rings. The average Bonchev–Trinajstić information content (AvgIpc) is 2.75. The number of carbonyl (C=O) groups is 1. The van der Waals surface area contributed by atoms with Crippen LogP contribution in [0.4, 0.5) is 5.69 Å². The summed E-state index contributed by atoms with van der Waals surface area (Å²) in [5, 5.41) is 7.75. The molecule has 0 atom stereocenters. The Labute approximate surface area is 175 Å². The van der Waals surface area contributed by atoms with E-state index < -0.39 is 0 Å². The fourth-order valence-electron chi connectivity index (χ4n) is 2.64. The van der Waals surface area contributed by atoms with Gasteiger partial charge in [0.05, 0.1) is 12.8 Å². The largest absolute Gasteiger partial charge is 0.488 e. The van der Waals surface area contributed by atoms with Crippen molar-refractivity contribution in [3.63, 3.8) is 0 Å². The summed E-state index contributed by atoms with van der Waals surface area (Å²) in [5.41, 5.74) is 6.09. The molecule has 0 aliphatic heterocycles. The lowest BCUT2D eigenvalue weighted by molar-refractivity contribution is -0.119. The van der Waals surface area contributed by atoms with Crippen LogP contribution in [0.2, 0.25) is 5.02 Å². The van der Waals surface area contributed by atoms with E-state index >= 15 is 0 Å². The molecule has 0 unspecified atom stereocenters. The summed E-state index contributed by atoms with van der Waals surface area (Å²) in [5.74, 6) is 0.435. The van der Waals surface area contributed by atoms with Crippen LogP contribution < -0.4 is 15.5 Å². The smallest absolute Gasteiger partial charge is 0.259 e. The Kier molecular flexibility index (Phi) is 7.25. The standard InChI is InChI=1S/C23H22ClN3O2/c1-17-20(24)11-7-12-21(17)25-15-23(28)27-26-14-19-10-5-6-13-22(19)29-16-18-8-3-2-4-9-18/h2-14,25H,15-16H2,1H3,(H,27,28). The lowest BCUT2D eigenvalue weighted by Gasteiger charge is -2.10. The number of amides is 1. The van der Waals surface area contributed by atoms with Gasteiger partial charge in [0, 0.05) is 16.3 Å². The number of hydrogen-bond donors (Lipinski definition) is 2. The number of hydrogen-bond acceptors (Lipinski definition) is 4. The second-order valence-electron chi connectivity index (χ2n) is 6.37. The lowest BCUT2D eigenvalue weighted by Crippen LogP contribution is -2.26. The van der Waals surface area contributed by atoms with Crippen LogP contribution >= 0.6 is 11.6 Å². The third kappa shape index (κ3) is 6.09. The van der Waals surface area contributed by atoms with Crippen LogP contribution in [0.15, 0.2) is 77.9 Å². The van der Waals surface area contributed by atoms with Gasteiger partial charge in [-0.3, -0.25) is 4.79 Å². The van der Waals surface area contributed by atoms with E-state index in [0.717, 1.165) is 22.4 Å². The second-order valence-corrected chi connectivity index (χ2v) is 6.78. The first-order chi connectivity index (χ1) is 14.1. The Morgan fingerprint density at radius 2 is 1.79 bits per heavy atom. The topological polar surface area (TPSA) is 62.7 Å². The Morgan fingerprint density at radius 3 is 2.62 bits per heavy atom. The molecular formula is C23H22ClN3O2. The summed E-state index contributed by atoms with van der Waals surface area (Å²) < 4.78 is 5.88. The molecule has 0 spiro atoms. The normalized spacial score (nSPS) is 10.7. The van der Waals surface area contributed by atoms with Gasteiger partial charge in [-0.05, 0) is 42.3 Å².